The van der Waals surface area contributed by atoms with Crippen molar-refractivity contribution < 1.29 is 14.3 Å². The molecule has 1 heterocycles. The summed E-state index contributed by atoms with van der Waals surface area (Å²) in [5.74, 6) is 0.0699. The largest absolute Gasteiger partial charge is 0.344 e. The third kappa shape index (κ3) is 3.68. The van der Waals surface area contributed by atoms with Gasteiger partial charge in [-0.1, -0.05) is 49.8 Å². The molecule has 0 fully saturated rings. The van der Waals surface area contributed by atoms with Crippen molar-refractivity contribution in [3.8, 4) is 0 Å². The Bertz CT molecular complexity index is 831. The van der Waals surface area contributed by atoms with E-state index in [0.717, 1.165) is 17.6 Å². The Morgan fingerprint density at radius 1 is 1.15 bits per heavy atom. The maximum Gasteiger partial charge on any atom is 0.204 e. The van der Waals surface area contributed by atoms with Crippen LogP contribution in [0.25, 0.3) is 5.57 Å². The molecule has 2 atom stereocenters. The fraction of sp³-hybridized carbons (Fsp3) is 0.238. The van der Waals surface area contributed by atoms with Gasteiger partial charge in [0.1, 0.15) is 6.10 Å². The van der Waals surface area contributed by atoms with Gasteiger partial charge in [-0.25, -0.2) is 9.97 Å². The lowest BCUT2D eigenvalue weighted by Crippen LogP contribution is -2.43. The molecule has 1 aromatic carbocycles. The zero-order chi connectivity index (χ0) is 18.4. The number of allylic oxidation sites excluding steroid dienone is 2. The van der Waals surface area contributed by atoms with Gasteiger partial charge >= 0.3 is 0 Å². The number of carbonyl (C=O) groups excluding carboxylic acids is 2. The van der Waals surface area contributed by atoms with Crippen LogP contribution in [-0.2, 0) is 14.3 Å². The highest BCUT2D eigenvalue weighted by molar-refractivity contribution is 6.15. The molecule has 0 amide bonds. The molecule has 0 saturated heterocycles. The van der Waals surface area contributed by atoms with Gasteiger partial charge in [0.2, 0.25) is 5.60 Å². The second-order valence-electron chi connectivity index (χ2n) is 6.08. The highest BCUT2D eigenvalue weighted by atomic mass is 16.5. The van der Waals surface area contributed by atoms with Crippen LogP contribution in [-0.4, -0.2) is 27.6 Å². The Morgan fingerprint density at radius 2 is 1.88 bits per heavy atom. The van der Waals surface area contributed by atoms with Crippen LogP contribution in [0.4, 0.5) is 0 Å². The van der Waals surface area contributed by atoms with Crippen molar-refractivity contribution in [3.05, 3.63) is 78.4 Å². The molecular weight excluding hydrogens is 328 g/mol. The number of aromatic nitrogens is 2. The first-order chi connectivity index (χ1) is 12.7. The first-order valence-electron chi connectivity index (χ1n) is 8.60. The number of hydrogen-bond donors (Lipinski definition) is 0. The van der Waals surface area contributed by atoms with Crippen LogP contribution in [0.5, 0.6) is 0 Å². The molecule has 0 saturated carbocycles. The lowest BCUT2D eigenvalue weighted by Gasteiger charge is -2.29. The Morgan fingerprint density at radius 3 is 2.50 bits per heavy atom. The molecule has 132 valence electrons. The molecule has 0 N–H and O–H groups in total. The third-order valence-corrected chi connectivity index (χ3v) is 4.23. The van der Waals surface area contributed by atoms with E-state index in [1.165, 1.54) is 12.2 Å². The van der Waals surface area contributed by atoms with E-state index >= 15 is 0 Å². The van der Waals surface area contributed by atoms with Crippen molar-refractivity contribution in [1.29, 1.82) is 0 Å². The van der Waals surface area contributed by atoms with Gasteiger partial charge in [0.05, 0.1) is 0 Å². The summed E-state index contributed by atoms with van der Waals surface area (Å²) in [5.41, 5.74) is 0.0184. The summed E-state index contributed by atoms with van der Waals surface area (Å²) in [4.78, 5) is 33.0. The summed E-state index contributed by atoms with van der Waals surface area (Å²) >= 11 is 0. The van der Waals surface area contributed by atoms with E-state index in [4.69, 9.17) is 4.74 Å². The molecule has 5 nitrogen and oxygen atoms in total. The predicted octanol–water partition coefficient (Wildman–Crippen LogP) is 3.49. The van der Waals surface area contributed by atoms with Crippen LogP contribution < -0.4 is 0 Å². The summed E-state index contributed by atoms with van der Waals surface area (Å²) in [5, 5.41) is 0. The smallest absolute Gasteiger partial charge is 0.204 e. The van der Waals surface area contributed by atoms with Gasteiger partial charge in [-0.05, 0) is 35.8 Å². The van der Waals surface area contributed by atoms with Crippen molar-refractivity contribution in [1.82, 2.24) is 9.97 Å². The third-order valence-electron chi connectivity index (χ3n) is 4.23. The zero-order valence-electron chi connectivity index (χ0n) is 14.5. The molecular formula is C21H20N2O3. The molecule has 1 aromatic heterocycles. The van der Waals surface area contributed by atoms with Crippen molar-refractivity contribution >= 4 is 17.6 Å². The summed E-state index contributed by atoms with van der Waals surface area (Å²) in [7, 11) is 0. The normalized spacial score (nSPS) is 20.5. The number of benzene rings is 1. The average molecular weight is 348 g/mol. The molecule has 1 aliphatic rings. The molecule has 0 aliphatic heterocycles. The number of ketones is 1. The zero-order valence-corrected chi connectivity index (χ0v) is 14.5. The average Bonchev–Trinajstić information content (AvgIpc) is 2.70. The molecule has 3 rings (SSSR count). The summed E-state index contributed by atoms with van der Waals surface area (Å²) in [6.45, 7) is 2.00. The van der Waals surface area contributed by atoms with Gasteiger partial charge in [0.15, 0.2) is 17.9 Å². The Hall–Kier alpha value is -2.92. The standard InChI is InChI=1S/C21H20N2O3/c1-2-7-18(20-22-12-6-13-23-20)26-21(15-24)11-10-17(14-19(21)25)16-8-4-3-5-9-16/h3-6,8-15,18H,2,7H2,1H3. The Kier molecular flexibility index (Phi) is 5.49. The maximum absolute atomic E-state index is 12.8. The van der Waals surface area contributed by atoms with Gasteiger partial charge < -0.3 is 4.74 Å². The molecule has 5 heteroatoms. The van der Waals surface area contributed by atoms with Crippen molar-refractivity contribution in [2.45, 2.75) is 31.5 Å². The minimum absolute atomic E-state index is 0.397. The van der Waals surface area contributed by atoms with Crippen LogP contribution in [0.15, 0.2) is 67.0 Å². The molecule has 0 radical (unpaired) electrons. The first kappa shape index (κ1) is 17.9. The maximum atomic E-state index is 12.8. The minimum atomic E-state index is -1.64. The van der Waals surface area contributed by atoms with E-state index in [1.54, 1.807) is 24.5 Å². The summed E-state index contributed by atoms with van der Waals surface area (Å²) < 4.78 is 5.98. The fourth-order valence-corrected chi connectivity index (χ4v) is 2.85. The number of ether oxygens (including phenoxy) is 1. The van der Waals surface area contributed by atoms with Gasteiger partial charge in [0.25, 0.3) is 0 Å². The molecule has 2 aromatic rings. The van der Waals surface area contributed by atoms with Gasteiger partial charge in [-0.2, -0.15) is 0 Å². The second-order valence-corrected chi connectivity index (χ2v) is 6.08. The van der Waals surface area contributed by atoms with Crippen LogP contribution in [0.1, 0.15) is 37.3 Å². The number of aldehydes is 1. The van der Waals surface area contributed by atoms with E-state index in [9.17, 15) is 9.59 Å². The van der Waals surface area contributed by atoms with Gasteiger partial charge in [-0.3, -0.25) is 9.59 Å². The van der Waals surface area contributed by atoms with Crippen LogP contribution in [0.2, 0.25) is 0 Å². The van der Waals surface area contributed by atoms with Crippen LogP contribution >= 0.6 is 0 Å². The highest BCUT2D eigenvalue weighted by Gasteiger charge is 2.40. The lowest BCUT2D eigenvalue weighted by molar-refractivity contribution is -0.149. The predicted molar refractivity (Wildman–Crippen MR) is 98.1 cm³/mol. The molecule has 2 unspecified atom stereocenters. The minimum Gasteiger partial charge on any atom is -0.344 e. The Balaban J connectivity index is 1.88. The summed E-state index contributed by atoms with van der Waals surface area (Å²) in [6, 6.07) is 11.2. The number of carbonyl (C=O) groups is 2. The molecule has 0 spiro atoms. The van der Waals surface area contributed by atoms with Crippen LogP contribution in [0.3, 0.4) is 0 Å². The number of nitrogens with zero attached hydrogens (tertiary/aromatic N) is 2. The van der Waals surface area contributed by atoms with Crippen molar-refractivity contribution in [2.75, 3.05) is 0 Å². The van der Waals surface area contributed by atoms with Gasteiger partial charge in [0, 0.05) is 12.4 Å². The van der Waals surface area contributed by atoms with E-state index < -0.39 is 17.5 Å². The van der Waals surface area contributed by atoms with Crippen molar-refractivity contribution in [3.63, 3.8) is 0 Å². The Labute approximate surface area is 152 Å². The topological polar surface area (TPSA) is 69.2 Å². The fourth-order valence-electron chi connectivity index (χ4n) is 2.85. The number of hydrogen-bond acceptors (Lipinski definition) is 5. The second kappa shape index (κ2) is 7.97. The van der Waals surface area contributed by atoms with E-state index in [2.05, 4.69) is 9.97 Å². The molecule has 26 heavy (non-hydrogen) atoms. The SMILES string of the molecule is CCCC(OC1(C=O)C=CC(c2ccccc2)=CC1=O)c1ncccn1. The van der Waals surface area contributed by atoms with E-state index in [0.29, 0.717) is 18.5 Å². The first-order valence-corrected chi connectivity index (χ1v) is 8.60. The van der Waals surface area contributed by atoms with E-state index in [1.807, 2.05) is 37.3 Å². The number of rotatable bonds is 7. The monoisotopic (exact) mass is 348 g/mol. The summed E-state index contributed by atoms with van der Waals surface area (Å²) in [6.07, 6.45) is 9.40. The quantitative estimate of drug-likeness (QED) is 0.566. The molecule has 1 aliphatic carbocycles. The van der Waals surface area contributed by atoms with Crippen LogP contribution in [0, 0.1) is 0 Å². The lowest BCUT2D eigenvalue weighted by atomic mass is 9.89. The molecule has 0 bridgehead atoms. The van der Waals surface area contributed by atoms with Crippen molar-refractivity contribution in [2.24, 2.45) is 0 Å². The highest BCUT2D eigenvalue weighted by Crippen LogP contribution is 2.31. The van der Waals surface area contributed by atoms with E-state index in [-0.39, 0.29) is 0 Å². The van der Waals surface area contributed by atoms with Gasteiger partial charge in [-0.15, -0.1) is 0 Å².